The third kappa shape index (κ3) is 1.95. The second kappa shape index (κ2) is 4.26. The minimum Gasteiger partial charge on any atom is -0.393 e. The summed E-state index contributed by atoms with van der Waals surface area (Å²) in [6, 6.07) is 9.85. The first-order valence-corrected chi connectivity index (χ1v) is 4.67. The zero-order valence-corrected chi connectivity index (χ0v) is 7.84. The van der Waals surface area contributed by atoms with Gasteiger partial charge in [0.05, 0.1) is 18.8 Å². The third-order valence-electron chi connectivity index (χ3n) is 2.11. The zero-order chi connectivity index (χ0) is 9.80. The van der Waals surface area contributed by atoms with Crippen LogP contribution in [0.3, 0.4) is 0 Å². The lowest BCUT2D eigenvalue weighted by molar-refractivity contribution is 0.0221. The summed E-state index contributed by atoms with van der Waals surface area (Å²) in [5.74, 6) is 0. The van der Waals surface area contributed by atoms with Crippen LogP contribution in [0, 0.1) is 0 Å². The van der Waals surface area contributed by atoms with Gasteiger partial charge in [0.2, 0.25) is 0 Å². The molecule has 0 aliphatic carbocycles. The Morgan fingerprint density at radius 2 is 2.14 bits per heavy atom. The fraction of sp³-hybridized carbons (Fsp3) is 0.273. The lowest BCUT2D eigenvalue weighted by atomic mass is 10.3. The molecule has 0 bridgehead atoms. The second-order valence-corrected chi connectivity index (χ2v) is 3.15. The lowest BCUT2D eigenvalue weighted by Crippen LogP contribution is -2.34. The minimum absolute atomic E-state index is 0.0137. The number of anilines is 1. The second-order valence-electron chi connectivity index (χ2n) is 3.15. The van der Waals surface area contributed by atoms with E-state index in [-0.39, 0.29) is 12.7 Å². The molecule has 1 heterocycles. The monoisotopic (exact) mass is 191 g/mol. The number of hydrogen-bond donors (Lipinski definition) is 1. The maximum atomic E-state index is 8.95. The Morgan fingerprint density at radius 1 is 1.36 bits per heavy atom. The molecule has 3 nitrogen and oxygen atoms in total. The van der Waals surface area contributed by atoms with Crippen LogP contribution < -0.4 is 5.06 Å². The van der Waals surface area contributed by atoms with Crippen molar-refractivity contribution in [2.75, 3.05) is 18.2 Å². The van der Waals surface area contributed by atoms with Crippen molar-refractivity contribution in [1.82, 2.24) is 0 Å². The summed E-state index contributed by atoms with van der Waals surface area (Å²) >= 11 is 0. The SMILES string of the molecule is OC[C@@H]1C=CCN(c2ccccc2)O1. The number of hydrogen-bond acceptors (Lipinski definition) is 3. The van der Waals surface area contributed by atoms with Crippen molar-refractivity contribution in [3.63, 3.8) is 0 Å². The predicted molar refractivity (Wildman–Crippen MR) is 54.9 cm³/mol. The Balaban J connectivity index is 2.10. The molecule has 1 aromatic rings. The number of rotatable bonds is 2. The van der Waals surface area contributed by atoms with Gasteiger partial charge in [0.25, 0.3) is 0 Å². The van der Waals surface area contributed by atoms with E-state index in [1.54, 1.807) is 5.06 Å². The number of benzene rings is 1. The first-order chi connectivity index (χ1) is 6.90. The van der Waals surface area contributed by atoms with Gasteiger partial charge in [-0.1, -0.05) is 30.4 Å². The van der Waals surface area contributed by atoms with E-state index in [9.17, 15) is 0 Å². The lowest BCUT2D eigenvalue weighted by Gasteiger charge is -2.29. The smallest absolute Gasteiger partial charge is 0.127 e. The van der Waals surface area contributed by atoms with Crippen LogP contribution in [-0.4, -0.2) is 24.4 Å². The maximum absolute atomic E-state index is 8.95. The van der Waals surface area contributed by atoms with E-state index >= 15 is 0 Å². The number of aliphatic hydroxyl groups excluding tert-OH is 1. The molecule has 0 saturated carbocycles. The standard InChI is InChI=1S/C11H13NO2/c13-9-11-7-4-8-12(14-11)10-5-2-1-3-6-10/h1-7,11,13H,8-9H2/t11-/m0/s1. The molecule has 74 valence electrons. The Hall–Kier alpha value is -1.32. The van der Waals surface area contributed by atoms with Crippen LogP contribution in [0.15, 0.2) is 42.5 Å². The Morgan fingerprint density at radius 3 is 2.86 bits per heavy atom. The van der Waals surface area contributed by atoms with E-state index in [0.717, 1.165) is 12.2 Å². The highest BCUT2D eigenvalue weighted by atomic mass is 16.7. The van der Waals surface area contributed by atoms with Crippen LogP contribution in [0.25, 0.3) is 0 Å². The van der Waals surface area contributed by atoms with Gasteiger partial charge in [0, 0.05) is 0 Å². The van der Waals surface area contributed by atoms with Crippen LogP contribution >= 0.6 is 0 Å². The normalized spacial score (nSPS) is 21.2. The molecule has 0 radical (unpaired) electrons. The highest BCUT2D eigenvalue weighted by molar-refractivity contribution is 5.44. The molecule has 1 N–H and O–H groups in total. The molecule has 0 unspecified atom stereocenters. The fourth-order valence-electron chi connectivity index (χ4n) is 1.40. The Kier molecular flexibility index (Phi) is 2.81. The molecule has 3 heteroatoms. The fourth-order valence-corrected chi connectivity index (χ4v) is 1.40. The number of aliphatic hydroxyl groups is 1. The summed E-state index contributed by atoms with van der Waals surface area (Å²) in [7, 11) is 0. The third-order valence-corrected chi connectivity index (χ3v) is 2.11. The maximum Gasteiger partial charge on any atom is 0.127 e. The van der Waals surface area contributed by atoms with E-state index in [1.165, 1.54) is 0 Å². The summed E-state index contributed by atoms with van der Waals surface area (Å²) in [5, 5.41) is 10.7. The summed E-state index contributed by atoms with van der Waals surface area (Å²) in [6.07, 6.45) is 3.65. The van der Waals surface area contributed by atoms with E-state index in [0.29, 0.717) is 0 Å². The van der Waals surface area contributed by atoms with Gasteiger partial charge in [-0.15, -0.1) is 0 Å². The molecular weight excluding hydrogens is 178 g/mol. The van der Waals surface area contributed by atoms with Crippen LogP contribution in [0.5, 0.6) is 0 Å². The first-order valence-electron chi connectivity index (χ1n) is 4.67. The summed E-state index contributed by atoms with van der Waals surface area (Å²) in [6.45, 7) is 0.736. The van der Waals surface area contributed by atoms with E-state index < -0.39 is 0 Å². The molecule has 0 fully saturated rings. The molecule has 1 atom stereocenters. The van der Waals surface area contributed by atoms with Crippen LogP contribution in [0.2, 0.25) is 0 Å². The molecule has 1 aromatic carbocycles. The summed E-state index contributed by atoms with van der Waals surface area (Å²) in [4.78, 5) is 5.52. The average Bonchev–Trinajstić information content (AvgIpc) is 2.30. The molecule has 1 aliphatic heterocycles. The molecule has 0 aromatic heterocycles. The summed E-state index contributed by atoms with van der Waals surface area (Å²) in [5.41, 5.74) is 1.01. The number of para-hydroxylation sites is 1. The molecule has 1 aliphatic rings. The van der Waals surface area contributed by atoms with E-state index in [2.05, 4.69) is 0 Å². The van der Waals surface area contributed by atoms with Gasteiger partial charge in [0.1, 0.15) is 6.10 Å². The molecule has 0 spiro atoms. The van der Waals surface area contributed by atoms with Crippen molar-refractivity contribution in [2.45, 2.75) is 6.10 Å². The van der Waals surface area contributed by atoms with Crippen molar-refractivity contribution in [3.05, 3.63) is 42.5 Å². The van der Waals surface area contributed by atoms with Gasteiger partial charge in [-0.3, -0.25) is 4.84 Å². The van der Waals surface area contributed by atoms with Gasteiger partial charge in [-0.2, -0.15) is 0 Å². The largest absolute Gasteiger partial charge is 0.393 e. The molecular formula is C11H13NO2. The zero-order valence-electron chi connectivity index (χ0n) is 7.84. The van der Waals surface area contributed by atoms with Gasteiger partial charge < -0.3 is 5.11 Å². The van der Waals surface area contributed by atoms with Gasteiger partial charge in [-0.05, 0) is 12.1 Å². The predicted octanol–water partition coefficient (Wildman–Crippen LogP) is 1.36. The molecule has 2 rings (SSSR count). The topological polar surface area (TPSA) is 32.7 Å². The number of nitrogens with zero attached hydrogens (tertiary/aromatic N) is 1. The van der Waals surface area contributed by atoms with E-state index in [1.807, 2.05) is 42.5 Å². The van der Waals surface area contributed by atoms with Gasteiger partial charge >= 0.3 is 0 Å². The van der Waals surface area contributed by atoms with Crippen LogP contribution in [0.1, 0.15) is 0 Å². The average molecular weight is 191 g/mol. The quantitative estimate of drug-likeness (QED) is 0.716. The molecule has 14 heavy (non-hydrogen) atoms. The van der Waals surface area contributed by atoms with Gasteiger partial charge in [-0.25, -0.2) is 5.06 Å². The highest BCUT2D eigenvalue weighted by Crippen LogP contribution is 2.17. The highest BCUT2D eigenvalue weighted by Gasteiger charge is 2.15. The minimum atomic E-state index is -0.219. The van der Waals surface area contributed by atoms with Crippen molar-refractivity contribution < 1.29 is 9.94 Å². The summed E-state index contributed by atoms with van der Waals surface area (Å²) < 4.78 is 0. The van der Waals surface area contributed by atoms with Crippen molar-refractivity contribution in [1.29, 1.82) is 0 Å². The molecule has 0 amide bonds. The van der Waals surface area contributed by atoms with Crippen molar-refractivity contribution in [2.24, 2.45) is 0 Å². The van der Waals surface area contributed by atoms with Gasteiger partial charge in [0.15, 0.2) is 0 Å². The van der Waals surface area contributed by atoms with Crippen LogP contribution in [-0.2, 0) is 4.84 Å². The Bertz CT molecular complexity index is 310. The number of hydroxylamine groups is 1. The van der Waals surface area contributed by atoms with Crippen molar-refractivity contribution >= 4 is 5.69 Å². The molecule has 0 saturated heterocycles. The Labute approximate surface area is 83.2 Å². The van der Waals surface area contributed by atoms with Crippen molar-refractivity contribution in [3.8, 4) is 0 Å². The van der Waals surface area contributed by atoms with E-state index in [4.69, 9.17) is 9.94 Å². The van der Waals surface area contributed by atoms with Crippen LogP contribution in [0.4, 0.5) is 5.69 Å². The first kappa shape index (κ1) is 9.24.